The Kier molecular flexibility index (Phi) is 4.96. The highest BCUT2D eigenvalue weighted by molar-refractivity contribution is 7.91. The van der Waals surface area contributed by atoms with Crippen LogP contribution in [0.3, 0.4) is 0 Å². The standard InChI is InChI=1S/C16H19NO3S/c1-13-6-3-7-15(12-13)21(18,19)11-5-10-20-16-8-4-9-17-14(16)2/h3-4,6-9,12H,5,10-11H2,1-2H3. The van der Waals surface area contributed by atoms with E-state index in [-0.39, 0.29) is 5.75 Å². The van der Waals surface area contributed by atoms with E-state index >= 15 is 0 Å². The van der Waals surface area contributed by atoms with Crippen LogP contribution in [0.25, 0.3) is 0 Å². The summed E-state index contributed by atoms with van der Waals surface area (Å²) in [6.07, 6.45) is 2.15. The molecule has 112 valence electrons. The molecule has 0 fully saturated rings. The van der Waals surface area contributed by atoms with Gasteiger partial charge in [-0.05, 0) is 50.1 Å². The zero-order chi connectivity index (χ0) is 15.3. The first-order chi connectivity index (χ1) is 9.99. The second-order valence-corrected chi connectivity index (χ2v) is 7.03. The first-order valence-corrected chi connectivity index (χ1v) is 8.48. The highest BCUT2D eigenvalue weighted by Gasteiger charge is 2.14. The summed E-state index contributed by atoms with van der Waals surface area (Å²) >= 11 is 0. The lowest BCUT2D eigenvalue weighted by Crippen LogP contribution is -2.11. The number of rotatable bonds is 6. The quantitative estimate of drug-likeness (QED) is 0.770. The van der Waals surface area contributed by atoms with Gasteiger partial charge in [-0.2, -0.15) is 0 Å². The third kappa shape index (κ3) is 4.29. The van der Waals surface area contributed by atoms with E-state index in [0.717, 1.165) is 11.3 Å². The van der Waals surface area contributed by atoms with Gasteiger partial charge in [-0.15, -0.1) is 0 Å². The van der Waals surface area contributed by atoms with E-state index < -0.39 is 9.84 Å². The molecule has 0 aliphatic rings. The molecule has 1 heterocycles. The Labute approximate surface area is 125 Å². The van der Waals surface area contributed by atoms with E-state index in [1.54, 1.807) is 30.5 Å². The molecule has 1 aromatic heterocycles. The third-order valence-electron chi connectivity index (χ3n) is 3.12. The van der Waals surface area contributed by atoms with E-state index in [4.69, 9.17) is 4.74 Å². The van der Waals surface area contributed by atoms with Crippen molar-refractivity contribution in [3.05, 3.63) is 53.9 Å². The van der Waals surface area contributed by atoms with Gasteiger partial charge in [-0.1, -0.05) is 12.1 Å². The molecule has 0 saturated heterocycles. The number of hydrogen-bond donors (Lipinski definition) is 0. The Morgan fingerprint density at radius 3 is 2.67 bits per heavy atom. The Hall–Kier alpha value is -1.88. The van der Waals surface area contributed by atoms with Gasteiger partial charge in [0.15, 0.2) is 9.84 Å². The maximum Gasteiger partial charge on any atom is 0.178 e. The molecule has 0 N–H and O–H groups in total. The van der Waals surface area contributed by atoms with E-state index in [0.29, 0.717) is 23.7 Å². The SMILES string of the molecule is Cc1cccc(S(=O)(=O)CCCOc2cccnc2C)c1. The van der Waals surface area contributed by atoms with Crippen LogP contribution < -0.4 is 4.74 Å². The van der Waals surface area contributed by atoms with Crippen LogP contribution in [0.4, 0.5) is 0 Å². The molecule has 2 aromatic rings. The minimum atomic E-state index is -3.24. The topological polar surface area (TPSA) is 56.3 Å². The average molecular weight is 305 g/mol. The van der Waals surface area contributed by atoms with Gasteiger partial charge < -0.3 is 4.74 Å². The monoisotopic (exact) mass is 305 g/mol. The van der Waals surface area contributed by atoms with Crippen LogP contribution in [0, 0.1) is 13.8 Å². The molecule has 0 radical (unpaired) electrons. The minimum absolute atomic E-state index is 0.0791. The molecule has 0 saturated carbocycles. The van der Waals surface area contributed by atoms with Crippen LogP contribution in [0.2, 0.25) is 0 Å². The number of hydrogen-bond acceptors (Lipinski definition) is 4. The number of pyridine rings is 1. The zero-order valence-electron chi connectivity index (χ0n) is 12.2. The fourth-order valence-electron chi connectivity index (χ4n) is 1.98. The summed E-state index contributed by atoms with van der Waals surface area (Å²) in [6.45, 7) is 4.10. The Bertz CT molecular complexity index is 711. The minimum Gasteiger partial charge on any atom is -0.492 e. The highest BCUT2D eigenvalue weighted by Crippen LogP contribution is 2.16. The maximum absolute atomic E-state index is 12.2. The normalized spacial score (nSPS) is 11.3. The lowest BCUT2D eigenvalue weighted by atomic mass is 10.2. The van der Waals surface area contributed by atoms with Crippen LogP contribution in [-0.4, -0.2) is 25.8 Å². The third-order valence-corrected chi connectivity index (χ3v) is 4.92. The molecule has 0 aliphatic carbocycles. The van der Waals surface area contributed by atoms with E-state index in [2.05, 4.69) is 4.98 Å². The molecule has 0 bridgehead atoms. The first-order valence-electron chi connectivity index (χ1n) is 6.83. The van der Waals surface area contributed by atoms with Gasteiger partial charge in [0, 0.05) is 6.20 Å². The Balaban J connectivity index is 1.90. The van der Waals surface area contributed by atoms with Crippen molar-refractivity contribution in [2.45, 2.75) is 25.2 Å². The smallest absolute Gasteiger partial charge is 0.178 e. The summed E-state index contributed by atoms with van der Waals surface area (Å²) in [7, 11) is -3.24. The summed E-state index contributed by atoms with van der Waals surface area (Å²) in [4.78, 5) is 4.50. The molecular weight excluding hydrogens is 286 g/mol. The predicted molar refractivity (Wildman–Crippen MR) is 82.3 cm³/mol. The molecule has 5 heteroatoms. The lowest BCUT2D eigenvalue weighted by molar-refractivity contribution is 0.314. The van der Waals surface area contributed by atoms with Gasteiger partial charge in [0.2, 0.25) is 0 Å². The Morgan fingerprint density at radius 2 is 1.95 bits per heavy atom. The van der Waals surface area contributed by atoms with Gasteiger partial charge in [0.05, 0.1) is 22.9 Å². The number of sulfone groups is 1. The summed E-state index contributed by atoms with van der Waals surface area (Å²) in [6, 6.07) is 10.6. The van der Waals surface area contributed by atoms with Gasteiger partial charge in [-0.25, -0.2) is 8.42 Å². The second kappa shape index (κ2) is 6.72. The fraction of sp³-hybridized carbons (Fsp3) is 0.312. The van der Waals surface area contributed by atoms with Crippen molar-refractivity contribution in [1.82, 2.24) is 4.98 Å². The fourth-order valence-corrected chi connectivity index (χ4v) is 3.36. The number of aryl methyl sites for hydroxylation is 2. The number of ether oxygens (including phenoxy) is 1. The molecule has 2 rings (SSSR count). The van der Waals surface area contributed by atoms with E-state index in [9.17, 15) is 8.42 Å². The van der Waals surface area contributed by atoms with Gasteiger partial charge in [0.1, 0.15) is 5.75 Å². The van der Waals surface area contributed by atoms with Crippen LogP contribution >= 0.6 is 0 Å². The van der Waals surface area contributed by atoms with Gasteiger partial charge in [-0.3, -0.25) is 4.98 Å². The van der Waals surface area contributed by atoms with Crippen LogP contribution in [-0.2, 0) is 9.84 Å². The van der Waals surface area contributed by atoms with Gasteiger partial charge >= 0.3 is 0 Å². The summed E-state index contributed by atoms with van der Waals surface area (Å²) in [5, 5.41) is 0. The number of nitrogens with zero attached hydrogens (tertiary/aromatic N) is 1. The van der Waals surface area contributed by atoms with Crippen molar-refractivity contribution in [3.63, 3.8) is 0 Å². The van der Waals surface area contributed by atoms with Crippen molar-refractivity contribution in [2.75, 3.05) is 12.4 Å². The first kappa shape index (κ1) is 15.5. The van der Waals surface area contributed by atoms with Crippen molar-refractivity contribution >= 4 is 9.84 Å². The van der Waals surface area contributed by atoms with E-state index in [1.165, 1.54) is 0 Å². The summed E-state index contributed by atoms with van der Waals surface area (Å²) < 4.78 is 30.0. The highest BCUT2D eigenvalue weighted by atomic mass is 32.2. The zero-order valence-corrected chi connectivity index (χ0v) is 13.1. The van der Waals surface area contributed by atoms with Crippen LogP contribution in [0.5, 0.6) is 5.75 Å². The Morgan fingerprint density at radius 1 is 1.14 bits per heavy atom. The molecule has 21 heavy (non-hydrogen) atoms. The van der Waals surface area contributed by atoms with Crippen LogP contribution in [0.1, 0.15) is 17.7 Å². The predicted octanol–water partition coefficient (Wildman–Crippen LogP) is 2.94. The molecule has 0 atom stereocenters. The number of benzene rings is 1. The summed E-state index contributed by atoms with van der Waals surface area (Å²) in [5.74, 6) is 0.779. The second-order valence-electron chi connectivity index (χ2n) is 4.92. The van der Waals surface area contributed by atoms with Crippen LogP contribution in [0.15, 0.2) is 47.5 Å². The van der Waals surface area contributed by atoms with E-state index in [1.807, 2.05) is 26.0 Å². The largest absolute Gasteiger partial charge is 0.492 e. The van der Waals surface area contributed by atoms with Crippen molar-refractivity contribution in [2.24, 2.45) is 0 Å². The molecule has 1 aromatic carbocycles. The van der Waals surface area contributed by atoms with Crippen molar-refractivity contribution in [1.29, 1.82) is 0 Å². The average Bonchev–Trinajstić information content (AvgIpc) is 2.45. The maximum atomic E-state index is 12.2. The molecular formula is C16H19NO3S. The lowest BCUT2D eigenvalue weighted by Gasteiger charge is -2.08. The number of aromatic nitrogens is 1. The van der Waals surface area contributed by atoms with Gasteiger partial charge in [0.25, 0.3) is 0 Å². The molecule has 0 amide bonds. The van der Waals surface area contributed by atoms with Crippen molar-refractivity contribution < 1.29 is 13.2 Å². The summed E-state index contributed by atoms with van der Waals surface area (Å²) in [5.41, 5.74) is 1.75. The molecule has 0 unspecified atom stereocenters. The molecule has 0 spiro atoms. The van der Waals surface area contributed by atoms with Crippen molar-refractivity contribution in [3.8, 4) is 5.75 Å². The molecule has 4 nitrogen and oxygen atoms in total. The molecule has 0 aliphatic heterocycles.